The van der Waals surface area contributed by atoms with Crippen LogP contribution in [-0.4, -0.2) is 29.9 Å². The summed E-state index contributed by atoms with van der Waals surface area (Å²) in [6.07, 6.45) is 5.60. The van der Waals surface area contributed by atoms with Gasteiger partial charge in [0.05, 0.1) is 0 Å². The van der Waals surface area contributed by atoms with E-state index in [2.05, 4.69) is 0 Å². The summed E-state index contributed by atoms with van der Waals surface area (Å²) in [5.74, 6) is -0.423. The zero-order chi connectivity index (χ0) is 14.5. The van der Waals surface area contributed by atoms with E-state index in [0.29, 0.717) is 24.2 Å². The summed E-state index contributed by atoms with van der Waals surface area (Å²) in [4.78, 5) is 14.4. The van der Waals surface area contributed by atoms with Crippen molar-refractivity contribution >= 4 is 5.91 Å². The predicted molar refractivity (Wildman–Crippen MR) is 78.1 cm³/mol. The Morgan fingerprint density at radius 2 is 2.05 bits per heavy atom. The average molecular weight is 278 g/mol. The topological polar surface area (TPSA) is 46.3 Å². The molecule has 2 rings (SSSR count). The van der Waals surface area contributed by atoms with Crippen LogP contribution in [0.15, 0.2) is 18.2 Å². The zero-order valence-electron chi connectivity index (χ0n) is 12.1. The number of halogens is 1. The van der Waals surface area contributed by atoms with Gasteiger partial charge in [0.15, 0.2) is 0 Å². The normalized spacial score (nSPS) is 16.1. The van der Waals surface area contributed by atoms with Gasteiger partial charge in [-0.15, -0.1) is 0 Å². The van der Waals surface area contributed by atoms with Crippen molar-refractivity contribution in [2.75, 3.05) is 13.1 Å². The highest BCUT2D eigenvalue weighted by Gasteiger charge is 2.25. The van der Waals surface area contributed by atoms with Crippen LogP contribution in [0, 0.1) is 12.7 Å². The fourth-order valence-corrected chi connectivity index (χ4v) is 2.87. The van der Waals surface area contributed by atoms with E-state index < -0.39 is 0 Å². The molecule has 0 unspecified atom stereocenters. The van der Waals surface area contributed by atoms with E-state index in [4.69, 9.17) is 5.73 Å². The second-order valence-corrected chi connectivity index (χ2v) is 5.54. The molecule has 0 aromatic heterocycles. The van der Waals surface area contributed by atoms with E-state index >= 15 is 0 Å². The molecule has 0 spiro atoms. The van der Waals surface area contributed by atoms with E-state index in [-0.39, 0.29) is 17.8 Å². The van der Waals surface area contributed by atoms with Crippen LogP contribution in [0.1, 0.15) is 48.0 Å². The number of benzene rings is 1. The summed E-state index contributed by atoms with van der Waals surface area (Å²) in [6.45, 7) is 2.68. The molecule has 0 bridgehead atoms. The van der Waals surface area contributed by atoms with Crippen LogP contribution < -0.4 is 5.73 Å². The number of hydrogen-bond donors (Lipinski definition) is 1. The van der Waals surface area contributed by atoms with Crippen molar-refractivity contribution in [2.45, 2.75) is 45.1 Å². The van der Waals surface area contributed by atoms with Gasteiger partial charge in [0, 0.05) is 24.7 Å². The Labute approximate surface area is 120 Å². The monoisotopic (exact) mass is 278 g/mol. The second kappa shape index (κ2) is 6.84. The number of hydrogen-bond acceptors (Lipinski definition) is 2. The number of rotatable bonds is 4. The zero-order valence-corrected chi connectivity index (χ0v) is 12.1. The van der Waals surface area contributed by atoms with Crippen LogP contribution in [0.4, 0.5) is 4.39 Å². The number of nitrogens with zero attached hydrogens (tertiary/aromatic N) is 1. The highest BCUT2D eigenvalue weighted by atomic mass is 19.1. The minimum absolute atomic E-state index is 0.0961. The molecule has 0 radical (unpaired) electrons. The first kappa shape index (κ1) is 15.0. The number of aryl methyl sites for hydroxylation is 1. The van der Waals surface area contributed by atoms with E-state index in [1.807, 2.05) is 4.90 Å². The minimum atomic E-state index is -0.327. The average Bonchev–Trinajstić information content (AvgIpc) is 2.48. The van der Waals surface area contributed by atoms with Crippen molar-refractivity contribution < 1.29 is 9.18 Å². The highest BCUT2D eigenvalue weighted by molar-refractivity contribution is 5.94. The molecule has 1 saturated carbocycles. The lowest BCUT2D eigenvalue weighted by Gasteiger charge is -2.34. The maximum absolute atomic E-state index is 13.6. The first-order chi connectivity index (χ1) is 9.63. The van der Waals surface area contributed by atoms with Gasteiger partial charge in [-0.25, -0.2) is 4.39 Å². The molecule has 0 saturated heterocycles. The summed E-state index contributed by atoms with van der Waals surface area (Å²) >= 11 is 0. The number of nitrogens with two attached hydrogens (primary N) is 1. The van der Waals surface area contributed by atoms with Crippen molar-refractivity contribution in [3.8, 4) is 0 Å². The summed E-state index contributed by atoms with van der Waals surface area (Å²) in [5.41, 5.74) is 6.62. The number of amides is 1. The Kier molecular flexibility index (Phi) is 5.12. The molecule has 1 aromatic rings. The van der Waals surface area contributed by atoms with Crippen molar-refractivity contribution in [3.63, 3.8) is 0 Å². The summed E-state index contributed by atoms with van der Waals surface area (Å²) in [7, 11) is 0. The molecule has 1 fully saturated rings. The van der Waals surface area contributed by atoms with Crippen LogP contribution in [0.3, 0.4) is 0 Å². The Morgan fingerprint density at radius 3 is 2.65 bits per heavy atom. The molecule has 2 N–H and O–H groups in total. The van der Waals surface area contributed by atoms with Crippen molar-refractivity contribution in [1.82, 2.24) is 4.90 Å². The SMILES string of the molecule is Cc1ccc(C(=O)N(CCN)C2CCCCC2)cc1F. The Hall–Kier alpha value is -1.42. The third-order valence-corrected chi connectivity index (χ3v) is 4.07. The largest absolute Gasteiger partial charge is 0.334 e. The quantitative estimate of drug-likeness (QED) is 0.920. The van der Waals surface area contributed by atoms with Gasteiger partial charge in [0.1, 0.15) is 5.82 Å². The Balaban J connectivity index is 2.18. The first-order valence-corrected chi connectivity index (χ1v) is 7.40. The van der Waals surface area contributed by atoms with Gasteiger partial charge in [-0.3, -0.25) is 4.79 Å². The van der Waals surface area contributed by atoms with E-state index in [0.717, 1.165) is 25.7 Å². The van der Waals surface area contributed by atoms with Gasteiger partial charge in [0.25, 0.3) is 5.91 Å². The molecule has 1 amide bonds. The molecule has 1 aliphatic rings. The number of carbonyl (C=O) groups is 1. The lowest BCUT2D eigenvalue weighted by molar-refractivity contribution is 0.0641. The van der Waals surface area contributed by atoms with E-state index in [9.17, 15) is 9.18 Å². The first-order valence-electron chi connectivity index (χ1n) is 7.40. The fraction of sp³-hybridized carbons (Fsp3) is 0.562. The second-order valence-electron chi connectivity index (χ2n) is 5.54. The van der Waals surface area contributed by atoms with Gasteiger partial charge in [-0.2, -0.15) is 0 Å². The van der Waals surface area contributed by atoms with Crippen LogP contribution in [0.25, 0.3) is 0 Å². The molecule has 20 heavy (non-hydrogen) atoms. The third kappa shape index (κ3) is 3.37. The molecule has 0 atom stereocenters. The molecule has 110 valence electrons. The summed E-state index contributed by atoms with van der Waals surface area (Å²) in [5, 5.41) is 0. The van der Waals surface area contributed by atoms with Crippen molar-refractivity contribution in [3.05, 3.63) is 35.1 Å². The highest BCUT2D eigenvalue weighted by Crippen LogP contribution is 2.24. The van der Waals surface area contributed by atoms with Crippen LogP contribution in [-0.2, 0) is 0 Å². The van der Waals surface area contributed by atoms with Gasteiger partial charge in [0.2, 0.25) is 0 Å². The van der Waals surface area contributed by atoms with E-state index in [1.165, 1.54) is 12.5 Å². The van der Waals surface area contributed by atoms with E-state index in [1.54, 1.807) is 19.1 Å². The molecule has 3 nitrogen and oxygen atoms in total. The smallest absolute Gasteiger partial charge is 0.254 e. The minimum Gasteiger partial charge on any atom is -0.334 e. The summed E-state index contributed by atoms with van der Waals surface area (Å²) in [6, 6.07) is 4.95. The molecule has 1 aromatic carbocycles. The summed E-state index contributed by atoms with van der Waals surface area (Å²) < 4.78 is 13.6. The van der Waals surface area contributed by atoms with Gasteiger partial charge in [-0.1, -0.05) is 25.3 Å². The molecule has 1 aliphatic carbocycles. The van der Waals surface area contributed by atoms with Gasteiger partial charge >= 0.3 is 0 Å². The molecular formula is C16H23FN2O. The maximum atomic E-state index is 13.6. The molecule has 4 heteroatoms. The number of carbonyl (C=O) groups excluding carboxylic acids is 1. The van der Waals surface area contributed by atoms with Crippen LogP contribution >= 0.6 is 0 Å². The predicted octanol–water partition coefficient (Wildman–Crippen LogP) is 2.87. The van der Waals surface area contributed by atoms with Crippen LogP contribution in [0.2, 0.25) is 0 Å². The maximum Gasteiger partial charge on any atom is 0.254 e. The fourth-order valence-electron chi connectivity index (χ4n) is 2.87. The Bertz CT molecular complexity index is 470. The van der Waals surface area contributed by atoms with Crippen molar-refractivity contribution in [1.29, 1.82) is 0 Å². The van der Waals surface area contributed by atoms with Gasteiger partial charge in [-0.05, 0) is 37.5 Å². The lowest BCUT2D eigenvalue weighted by Crippen LogP contribution is -2.44. The lowest BCUT2D eigenvalue weighted by atomic mass is 9.93. The van der Waals surface area contributed by atoms with Crippen LogP contribution in [0.5, 0.6) is 0 Å². The van der Waals surface area contributed by atoms with Crippen molar-refractivity contribution in [2.24, 2.45) is 5.73 Å². The molecule has 0 aliphatic heterocycles. The molecular weight excluding hydrogens is 255 g/mol. The molecule has 0 heterocycles. The standard InChI is InChI=1S/C16H23FN2O/c1-12-7-8-13(11-15(12)17)16(20)19(10-9-18)14-5-3-2-4-6-14/h7-8,11,14H,2-6,9-10,18H2,1H3. The van der Waals surface area contributed by atoms with Gasteiger partial charge < -0.3 is 10.6 Å². The Morgan fingerprint density at radius 1 is 1.35 bits per heavy atom. The third-order valence-electron chi connectivity index (χ3n) is 4.07.